The van der Waals surface area contributed by atoms with Gasteiger partial charge in [0.1, 0.15) is 0 Å². The first-order valence-corrected chi connectivity index (χ1v) is 10.0. The van der Waals surface area contributed by atoms with Crippen molar-refractivity contribution in [3.63, 3.8) is 0 Å². The molecule has 2 aromatic rings. The van der Waals surface area contributed by atoms with Crippen LogP contribution < -0.4 is 0 Å². The number of fused-ring (bicyclic) bond motifs is 2. The van der Waals surface area contributed by atoms with Crippen LogP contribution in [0.2, 0.25) is 0 Å². The predicted octanol–water partition coefficient (Wildman–Crippen LogP) is 5.22. The standard InChI is InChI=1S/C23H26O6/c1-3-5-6-9-16-12-13-20-18(15-16)21(24)17-10-7-8-11-19(17)23(20,29-26)28-22(25)27-14-4-2/h7-8,10-13,15,26H,3-6,9,14H2,1-2H3. The van der Waals surface area contributed by atoms with Gasteiger partial charge in [0.15, 0.2) is 5.78 Å². The zero-order chi connectivity index (χ0) is 20.9. The van der Waals surface area contributed by atoms with Crippen LogP contribution in [0.5, 0.6) is 0 Å². The van der Waals surface area contributed by atoms with E-state index in [4.69, 9.17) is 14.4 Å². The van der Waals surface area contributed by atoms with Gasteiger partial charge in [-0.2, -0.15) is 4.89 Å². The average Bonchev–Trinajstić information content (AvgIpc) is 2.75. The van der Waals surface area contributed by atoms with Crippen LogP contribution in [0.15, 0.2) is 42.5 Å². The van der Waals surface area contributed by atoms with Crippen molar-refractivity contribution in [3.05, 3.63) is 70.3 Å². The lowest BCUT2D eigenvalue weighted by Gasteiger charge is -2.35. The number of carbonyl (C=O) groups is 2. The number of unbranched alkanes of at least 4 members (excludes halogenated alkanes) is 2. The number of hydrogen-bond donors (Lipinski definition) is 1. The molecule has 0 amide bonds. The maximum absolute atomic E-state index is 13.1. The molecule has 1 atom stereocenters. The lowest BCUT2D eigenvalue weighted by atomic mass is 9.79. The lowest BCUT2D eigenvalue weighted by Crippen LogP contribution is -2.42. The van der Waals surface area contributed by atoms with Crippen molar-refractivity contribution >= 4 is 11.9 Å². The van der Waals surface area contributed by atoms with Crippen LogP contribution in [-0.2, 0) is 26.6 Å². The Balaban J connectivity index is 2.08. The minimum Gasteiger partial charge on any atom is -0.434 e. The molecule has 1 unspecified atom stereocenters. The van der Waals surface area contributed by atoms with Crippen LogP contribution in [0.1, 0.15) is 72.1 Å². The number of hydrogen-bond acceptors (Lipinski definition) is 6. The number of rotatable bonds is 8. The maximum Gasteiger partial charge on any atom is 0.511 e. The van der Waals surface area contributed by atoms with Crippen LogP contribution in [0.25, 0.3) is 0 Å². The van der Waals surface area contributed by atoms with E-state index in [2.05, 4.69) is 6.92 Å². The smallest absolute Gasteiger partial charge is 0.434 e. The van der Waals surface area contributed by atoms with E-state index in [0.29, 0.717) is 17.5 Å². The van der Waals surface area contributed by atoms with Crippen LogP contribution in [0.3, 0.4) is 0 Å². The number of ketones is 1. The fraction of sp³-hybridized carbons (Fsp3) is 0.391. The molecule has 1 aliphatic carbocycles. The number of benzene rings is 2. The molecule has 6 heteroatoms. The highest BCUT2D eigenvalue weighted by atomic mass is 17.2. The maximum atomic E-state index is 13.1. The van der Waals surface area contributed by atoms with Gasteiger partial charge in [0, 0.05) is 22.3 Å². The molecule has 0 bridgehead atoms. The SMILES string of the molecule is CCCCCc1ccc2c(c1)C(=O)c1ccccc1C2(OO)OC(=O)OCCC. The normalized spacial score (nSPS) is 17.4. The Morgan fingerprint density at radius 2 is 1.76 bits per heavy atom. The highest BCUT2D eigenvalue weighted by Gasteiger charge is 2.49. The molecule has 0 aromatic heterocycles. The topological polar surface area (TPSA) is 82.1 Å². The van der Waals surface area contributed by atoms with Crippen molar-refractivity contribution in [1.29, 1.82) is 0 Å². The van der Waals surface area contributed by atoms with Gasteiger partial charge in [-0.1, -0.05) is 63.1 Å². The highest BCUT2D eigenvalue weighted by molar-refractivity contribution is 6.13. The van der Waals surface area contributed by atoms with Gasteiger partial charge in [-0.05, 0) is 30.9 Å². The van der Waals surface area contributed by atoms with Crippen molar-refractivity contribution in [2.45, 2.75) is 51.7 Å². The van der Waals surface area contributed by atoms with E-state index in [0.717, 1.165) is 31.2 Å². The minimum absolute atomic E-state index is 0.171. The summed E-state index contributed by atoms with van der Waals surface area (Å²) in [6.07, 6.45) is 3.69. The first kappa shape index (κ1) is 21.0. The molecule has 154 valence electrons. The summed E-state index contributed by atoms with van der Waals surface area (Å²) in [6, 6.07) is 11.9. The number of carbonyl (C=O) groups excluding carboxylic acids is 2. The first-order chi connectivity index (χ1) is 14.1. The predicted molar refractivity (Wildman–Crippen MR) is 107 cm³/mol. The average molecular weight is 398 g/mol. The Labute approximate surface area is 170 Å². The summed E-state index contributed by atoms with van der Waals surface area (Å²) in [7, 11) is 0. The van der Waals surface area contributed by atoms with Crippen molar-refractivity contribution in [1.82, 2.24) is 0 Å². The molecule has 0 heterocycles. The van der Waals surface area contributed by atoms with E-state index in [1.54, 1.807) is 36.4 Å². The Bertz CT molecular complexity index is 891. The molecule has 0 radical (unpaired) electrons. The van der Waals surface area contributed by atoms with Gasteiger partial charge < -0.3 is 9.47 Å². The van der Waals surface area contributed by atoms with Crippen LogP contribution >= 0.6 is 0 Å². The molecule has 2 aromatic carbocycles. The van der Waals surface area contributed by atoms with E-state index >= 15 is 0 Å². The quantitative estimate of drug-likeness (QED) is 0.216. The van der Waals surface area contributed by atoms with Crippen molar-refractivity contribution in [2.24, 2.45) is 0 Å². The summed E-state index contributed by atoms with van der Waals surface area (Å²) in [5.74, 6) is -2.17. The Morgan fingerprint density at radius 1 is 1.00 bits per heavy atom. The van der Waals surface area contributed by atoms with Gasteiger partial charge in [-0.25, -0.2) is 10.1 Å². The van der Waals surface area contributed by atoms with E-state index < -0.39 is 11.9 Å². The van der Waals surface area contributed by atoms with Crippen molar-refractivity contribution < 1.29 is 29.2 Å². The third-order valence-electron chi connectivity index (χ3n) is 5.06. The second kappa shape index (κ2) is 9.20. The summed E-state index contributed by atoms with van der Waals surface area (Å²) < 4.78 is 10.5. The molecule has 1 aliphatic rings. The van der Waals surface area contributed by atoms with Crippen LogP contribution in [0.4, 0.5) is 4.79 Å². The second-order valence-electron chi connectivity index (χ2n) is 7.12. The number of ether oxygens (including phenoxy) is 2. The molecule has 6 nitrogen and oxygen atoms in total. The molecule has 1 N–H and O–H groups in total. The van der Waals surface area contributed by atoms with Crippen molar-refractivity contribution in [2.75, 3.05) is 6.61 Å². The molecule has 0 spiro atoms. The summed E-state index contributed by atoms with van der Waals surface area (Å²) in [5, 5.41) is 9.89. The summed E-state index contributed by atoms with van der Waals surface area (Å²) in [4.78, 5) is 30.2. The largest absolute Gasteiger partial charge is 0.511 e. The van der Waals surface area contributed by atoms with E-state index in [-0.39, 0.29) is 23.5 Å². The molecular formula is C23H26O6. The van der Waals surface area contributed by atoms with Gasteiger partial charge in [-0.15, -0.1) is 0 Å². The van der Waals surface area contributed by atoms with Gasteiger partial charge in [0.05, 0.1) is 6.61 Å². The van der Waals surface area contributed by atoms with Gasteiger partial charge >= 0.3 is 11.9 Å². The summed E-state index contributed by atoms with van der Waals surface area (Å²) >= 11 is 0. The molecule has 29 heavy (non-hydrogen) atoms. The Hall–Kier alpha value is -2.70. The molecular weight excluding hydrogens is 372 g/mol. The monoisotopic (exact) mass is 398 g/mol. The van der Waals surface area contributed by atoms with E-state index in [9.17, 15) is 14.8 Å². The zero-order valence-corrected chi connectivity index (χ0v) is 16.8. The molecule has 0 saturated heterocycles. The number of aryl methyl sites for hydroxylation is 1. The molecule has 0 saturated carbocycles. The zero-order valence-electron chi connectivity index (χ0n) is 16.8. The first-order valence-electron chi connectivity index (χ1n) is 10.0. The highest BCUT2D eigenvalue weighted by Crippen LogP contribution is 2.43. The fourth-order valence-corrected chi connectivity index (χ4v) is 3.62. The summed E-state index contributed by atoms with van der Waals surface area (Å²) in [5.41, 5.74) is 2.19. The van der Waals surface area contributed by atoms with Crippen LogP contribution in [0, 0.1) is 0 Å². The third-order valence-corrected chi connectivity index (χ3v) is 5.06. The van der Waals surface area contributed by atoms with Gasteiger partial charge in [0.25, 0.3) is 0 Å². The summed E-state index contributed by atoms with van der Waals surface area (Å²) in [6.45, 7) is 4.16. The van der Waals surface area contributed by atoms with Gasteiger partial charge in [-0.3, -0.25) is 4.79 Å². The lowest BCUT2D eigenvalue weighted by molar-refractivity contribution is -0.383. The van der Waals surface area contributed by atoms with Crippen LogP contribution in [-0.4, -0.2) is 23.8 Å². The fourth-order valence-electron chi connectivity index (χ4n) is 3.62. The minimum atomic E-state index is -1.97. The molecule has 0 fully saturated rings. The van der Waals surface area contributed by atoms with E-state index in [1.807, 2.05) is 13.0 Å². The Morgan fingerprint density at radius 3 is 2.48 bits per heavy atom. The molecule has 0 aliphatic heterocycles. The van der Waals surface area contributed by atoms with E-state index in [1.165, 1.54) is 0 Å². The third kappa shape index (κ3) is 4.04. The second-order valence-corrected chi connectivity index (χ2v) is 7.12. The molecule has 3 rings (SSSR count). The van der Waals surface area contributed by atoms with Gasteiger partial charge in [0.2, 0.25) is 0 Å². The van der Waals surface area contributed by atoms with Crippen molar-refractivity contribution in [3.8, 4) is 0 Å². The Kier molecular flexibility index (Phi) is 6.67.